The number of aromatic nitrogens is 5. The summed E-state index contributed by atoms with van der Waals surface area (Å²) in [5, 5.41) is 10.9. The average molecular weight is 370 g/mol. The fourth-order valence-electron chi connectivity index (χ4n) is 2.54. The van der Waals surface area contributed by atoms with Gasteiger partial charge in [-0.05, 0) is 17.7 Å². The molecule has 4 rings (SSSR count). The molecule has 0 spiro atoms. The number of fused-ring (bicyclic) bond motifs is 1. The lowest BCUT2D eigenvalue weighted by Gasteiger charge is -2.09. The molecule has 130 valence electrons. The number of halogens is 2. The van der Waals surface area contributed by atoms with Crippen molar-refractivity contribution in [2.45, 2.75) is 6.54 Å². The number of nitrogens with one attached hydrogen (secondary N) is 2. The Morgan fingerprint density at radius 1 is 1.15 bits per heavy atom. The first kappa shape index (κ1) is 16.2. The van der Waals surface area contributed by atoms with E-state index in [-0.39, 0.29) is 23.5 Å². The van der Waals surface area contributed by atoms with Crippen molar-refractivity contribution in [3.05, 3.63) is 59.0 Å². The third-order valence-corrected chi connectivity index (χ3v) is 4.24. The number of aromatic amines is 1. The van der Waals surface area contributed by atoms with Crippen LogP contribution in [-0.2, 0) is 6.54 Å². The van der Waals surface area contributed by atoms with Gasteiger partial charge in [0.25, 0.3) is 0 Å². The van der Waals surface area contributed by atoms with Gasteiger partial charge in [-0.3, -0.25) is 5.10 Å². The number of rotatable bonds is 4. The smallest absolute Gasteiger partial charge is 0.228 e. The van der Waals surface area contributed by atoms with E-state index in [1.807, 2.05) is 18.2 Å². The van der Waals surface area contributed by atoms with Crippen molar-refractivity contribution in [2.75, 3.05) is 11.1 Å². The summed E-state index contributed by atoms with van der Waals surface area (Å²) in [6, 6.07) is 10.3. The minimum Gasteiger partial charge on any atom is -0.368 e. The molecular weight excluding hydrogens is 357 g/mol. The maximum absolute atomic E-state index is 13.5. The third kappa shape index (κ3) is 3.14. The molecule has 0 fully saturated rings. The Labute approximate surface area is 152 Å². The summed E-state index contributed by atoms with van der Waals surface area (Å²) in [6.07, 6.45) is 1.73. The average Bonchev–Trinajstić information content (AvgIpc) is 3.10. The Morgan fingerprint density at radius 3 is 2.92 bits per heavy atom. The monoisotopic (exact) mass is 369 g/mol. The van der Waals surface area contributed by atoms with Gasteiger partial charge in [0.2, 0.25) is 11.9 Å². The van der Waals surface area contributed by atoms with E-state index in [0.717, 1.165) is 16.5 Å². The van der Waals surface area contributed by atoms with Crippen LogP contribution in [0, 0.1) is 5.82 Å². The molecule has 0 saturated heterocycles. The van der Waals surface area contributed by atoms with Gasteiger partial charge in [-0.1, -0.05) is 35.9 Å². The van der Waals surface area contributed by atoms with Crippen LogP contribution in [0.5, 0.6) is 0 Å². The highest BCUT2D eigenvalue weighted by molar-refractivity contribution is 6.31. The highest BCUT2D eigenvalue weighted by Crippen LogP contribution is 2.23. The molecule has 4 aromatic rings. The molecule has 0 atom stereocenters. The maximum Gasteiger partial charge on any atom is 0.228 e. The fourth-order valence-corrected chi connectivity index (χ4v) is 2.73. The molecule has 0 bridgehead atoms. The second-order valence-electron chi connectivity index (χ2n) is 5.58. The maximum atomic E-state index is 13.5. The van der Waals surface area contributed by atoms with E-state index in [1.165, 1.54) is 6.07 Å². The number of hydrogen-bond acceptors (Lipinski definition) is 6. The summed E-state index contributed by atoms with van der Waals surface area (Å²) in [7, 11) is 0. The van der Waals surface area contributed by atoms with E-state index in [4.69, 9.17) is 17.3 Å². The van der Waals surface area contributed by atoms with Crippen molar-refractivity contribution in [2.24, 2.45) is 0 Å². The standard InChI is InChI=1S/C17H13ClFN7/c18-14-11(2-1-3-12(14)19)7-21-17-24-15(23-16(20)25-17)9-4-5-10-8-22-26-13(10)6-9/h1-6,8H,7H2,(H,22,26)(H3,20,21,23,24,25). The van der Waals surface area contributed by atoms with E-state index >= 15 is 0 Å². The molecule has 0 aliphatic rings. The minimum absolute atomic E-state index is 0.0620. The van der Waals surface area contributed by atoms with Crippen LogP contribution in [0.3, 0.4) is 0 Å². The van der Waals surface area contributed by atoms with Gasteiger partial charge in [-0.2, -0.15) is 20.1 Å². The molecule has 0 aliphatic heterocycles. The molecule has 0 amide bonds. The molecule has 4 N–H and O–H groups in total. The molecule has 2 aromatic carbocycles. The summed E-state index contributed by atoms with van der Waals surface area (Å²) < 4.78 is 13.5. The first-order chi connectivity index (χ1) is 12.6. The Bertz CT molecular complexity index is 1100. The van der Waals surface area contributed by atoms with Gasteiger partial charge in [0.05, 0.1) is 16.7 Å². The van der Waals surface area contributed by atoms with Gasteiger partial charge in [-0.15, -0.1) is 0 Å². The van der Waals surface area contributed by atoms with E-state index in [2.05, 4.69) is 30.5 Å². The van der Waals surface area contributed by atoms with Crippen LogP contribution < -0.4 is 11.1 Å². The molecule has 7 nitrogen and oxygen atoms in total. The minimum atomic E-state index is -0.477. The Balaban J connectivity index is 1.62. The summed E-state index contributed by atoms with van der Waals surface area (Å²) in [4.78, 5) is 12.6. The zero-order chi connectivity index (χ0) is 18.1. The van der Waals surface area contributed by atoms with Crippen molar-refractivity contribution >= 4 is 34.4 Å². The zero-order valence-electron chi connectivity index (χ0n) is 13.4. The first-order valence-electron chi connectivity index (χ1n) is 7.72. The number of hydrogen-bond donors (Lipinski definition) is 3. The number of H-pyrrole nitrogens is 1. The quantitative estimate of drug-likeness (QED) is 0.509. The SMILES string of the molecule is Nc1nc(NCc2cccc(F)c2Cl)nc(-c2ccc3cn[nH]c3c2)n1. The van der Waals surface area contributed by atoms with Crippen molar-refractivity contribution < 1.29 is 4.39 Å². The molecule has 0 radical (unpaired) electrons. The number of nitrogens with zero attached hydrogens (tertiary/aromatic N) is 4. The topological polar surface area (TPSA) is 105 Å². The van der Waals surface area contributed by atoms with Gasteiger partial charge in [0.1, 0.15) is 5.82 Å². The van der Waals surface area contributed by atoms with E-state index in [9.17, 15) is 4.39 Å². The van der Waals surface area contributed by atoms with Gasteiger partial charge in [0.15, 0.2) is 5.82 Å². The van der Waals surface area contributed by atoms with E-state index in [1.54, 1.807) is 18.3 Å². The van der Waals surface area contributed by atoms with Crippen LogP contribution in [0.1, 0.15) is 5.56 Å². The molecule has 26 heavy (non-hydrogen) atoms. The summed E-state index contributed by atoms with van der Waals surface area (Å²) in [5.41, 5.74) is 8.02. The Kier molecular flexibility index (Phi) is 4.10. The lowest BCUT2D eigenvalue weighted by molar-refractivity contribution is 0.626. The van der Waals surface area contributed by atoms with Gasteiger partial charge in [0, 0.05) is 17.5 Å². The van der Waals surface area contributed by atoms with Crippen LogP contribution in [-0.4, -0.2) is 25.1 Å². The van der Waals surface area contributed by atoms with E-state index in [0.29, 0.717) is 11.4 Å². The molecule has 0 saturated carbocycles. The number of nitrogens with two attached hydrogens (primary N) is 1. The molecule has 0 aliphatic carbocycles. The van der Waals surface area contributed by atoms with Crippen LogP contribution >= 0.6 is 11.6 Å². The number of nitrogen functional groups attached to an aromatic ring is 1. The molecular formula is C17H13ClFN7. The predicted octanol–water partition coefficient (Wildman–Crippen LogP) is 3.40. The summed E-state index contributed by atoms with van der Waals surface area (Å²) >= 11 is 5.96. The third-order valence-electron chi connectivity index (χ3n) is 3.82. The predicted molar refractivity (Wildman–Crippen MR) is 98.1 cm³/mol. The highest BCUT2D eigenvalue weighted by Gasteiger charge is 2.10. The zero-order valence-corrected chi connectivity index (χ0v) is 14.1. The Hall–Kier alpha value is -3.26. The van der Waals surface area contributed by atoms with E-state index < -0.39 is 5.82 Å². The Morgan fingerprint density at radius 2 is 2.04 bits per heavy atom. The highest BCUT2D eigenvalue weighted by atomic mass is 35.5. The largest absolute Gasteiger partial charge is 0.368 e. The lowest BCUT2D eigenvalue weighted by Crippen LogP contribution is -2.08. The fraction of sp³-hybridized carbons (Fsp3) is 0.0588. The van der Waals surface area contributed by atoms with Gasteiger partial charge in [-0.25, -0.2) is 4.39 Å². The van der Waals surface area contributed by atoms with Crippen molar-refractivity contribution in [1.82, 2.24) is 25.1 Å². The normalized spacial score (nSPS) is 11.0. The molecule has 0 unspecified atom stereocenters. The van der Waals surface area contributed by atoms with Crippen LogP contribution in [0.2, 0.25) is 5.02 Å². The number of anilines is 2. The van der Waals surface area contributed by atoms with Gasteiger partial charge >= 0.3 is 0 Å². The second-order valence-corrected chi connectivity index (χ2v) is 5.96. The lowest BCUT2D eigenvalue weighted by atomic mass is 10.1. The van der Waals surface area contributed by atoms with Gasteiger partial charge < -0.3 is 11.1 Å². The van der Waals surface area contributed by atoms with Crippen molar-refractivity contribution in [3.8, 4) is 11.4 Å². The number of benzene rings is 2. The molecule has 9 heteroatoms. The van der Waals surface area contributed by atoms with Crippen LogP contribution in [0.4, 0.5) is 16.3 Å². The second kappa shape index (κ2) is 6.57. The first-order valence-corrected chi connectivity index (χ1v) is 8.10. The summed E-state index contributed by atoms with van der Waals surface area (Å²) in [5.74, 6) is 0.293. The molecule has 2 heterocycles. The van der Waals surface area contributed by atoms with Crippen LogP contribution in [0.25, 0.3) is 22.3 Å². The van der Waals surface area contributed by atoms with Crippen LogP contribution in [0.15, 0.2) is 42.6 Å². The van der Waals surface area contributed by atoms with Crippen molar-refractivity contribution in [3.63, 3.8) is 0 Å². The van der Waals surface area contributed by atoms with Crippen molar-refractivity contribution in [1.29, 1.82) is 0 Å². The molecule has 2 aromatic heterocycles. The summed E-state index contributed by atoms with van der Waals surface area (Å²) in [6.45, 7) is 0.249.